The molecule has 33 heavy (non-hydrogen) atoms. The molecule has 0 unspecified atom stereocenters. The average molecular weight is 565 g/mol. The predicted molar refractivity (Wildman–Crippen MR) is 135 cm³/mol. The van der Waals surface area contributed by atoms with E-state index in [1.807, 2.05) is 30.3 Å². The van der Waals surface area contributed by atoms with Gasteiger partial charge in [0.05, 0.1) is 6.54 Å². The van der Waals surface area contributed by atoms with Crippen LogP contribution in [0.5, 0.6) is 11.5 Å². The van der Waals surface area contributed by atoms with Crippen molar-refractivity contribution in [2.75, 3.05) is 40.0 Å². The quantitative estimate of drug-likeness (QED) is 0.279. The molecule has 0 aliphatic carbocycles. The van der Waals surface area contributed by atoms with E-state index in [0.717, 1.165) is 35.6 Å². The number of nitrogens with one attached hydrogen (secondary N) is 3. The van der Waals surface area contributed by atoms with Crippen LogP contribution in [0, 0.1) is 0 Å². The van der Waals surface area contributed by atoms with Crippen LogP contribution in [0.4, 0.5) is 0 Å². The van der Waals surface area contributed by atoms with E-state index in [4.69, 9.17) is 9.47 Å². The number of nitrogens with zero attached hydrogens (tertiary/aromatic N) is 2. The zero-order valence-electron chi connectivity index (χ0n) is 18.4. The van der Waals surface area contributed by atoms with Crippen LogP contribution in [0.2, 0.25) is 0 Å². The van der Waals surface area contributed by atoms with E-state index in [9.17, 15) is 9.59 Å². The van der Waals surface area contributed by atoms with Crippen molar-refractivity contribution in [2.45, 2.75) is 13.0 Å². The number of aliphatic imine (C=N–C) groups is 1. The molecule has 176 valence electrons. The first-order chi connectivity index (χ1) is 15.6. The summed E-state index contributed by atoms with van der Waals surface area (Å²) in [7, 11) is 1.73. The lowest BCUT2D eigenvalue weighted by Gasteiger charge is -2.26. The van der Waals surface area contributed by atoms with Crippen molar-refractivity contribution in [3.63, 3.8) is 0 Å². The van der Waals surface area contributed by atoms with Crippen molar-refractivity contribution in [1.29, 1.82) is 0 Å². The standard InChI is InChI=1S/C23H27N5O4.HI/c1-24-23(26-9-8-16-4-7-19-20(12-16)32-15-31-19)27-13-17-2-5-18(6-3-17)22(30)28-11-10-25-21(29)14-28;/h2-7,12H,8-11,13-15H2,1H3,(H,25,29)(H2,24,26,27);1H. The van der Waals surface area contributed by atoms with Gasteiger partial charge in [-0.3, -0.25) is 14.6 Å². The second-order valence-corrected chi connectivity index (χ2v) is 7.56. The van der Waals surface area contributed by atoms with Gasteiger partial charge in [0.1, 0.15) is 0 Å². The minimum absolute atomic E-state index is 0. The van der Waals surface area contributed by atoms with E-state index in [-0.39, 0.29) is 49.1 Å². The first-order valence-electron chi connectivity index (χ1n) is 10.6. The normalized spacial score (nSPS) is 14.9. The van der Waals surface area contributed by atoms with E-state index in [1.165, 1.54) is 0 Å². The summed E-state index contributed by atoms with van der Waals surface area (Å²) in [5, 5.41) is 9.30. The monoisotopic (exact) mass is 565 g/mol. The molecule has 0 aromatic heterocycles. The molecule has 2 aliphatic rings. The van der Waals surface area contributed by atoms with Gasteiger partial charge in [0.15, 0.2) is 17.5 Å². The molecule has 2 amide bonds. The van der Waals surface area contributed by atoms with Crippen molar-refractivity contribution in [3.05, 3.63) is 59.2 Å². The molecular formula is C23H28IN5O4. The highest BCUT2D eigenvalue weighted by molar-refractivity contribution is 14.0. The molecule has 2 heterocycles. The fraction of sp³-hybridized carbons (Fsp3) is 0.348. The first-order valence-corrected chi connectivity index (χ1v) is 10.6. The number of piperazine rings is 1. The zero-order valence-corrected chi connectivity index (χ0v) is 20.8. The third-order valence-corrected chi connectivity index (χ3v) is 5.35. The second-order valence-electron chi connectivity index (χ2n) is 7.56. The Bertz CT molecular complexity index is 1010. The zero-order chi connectivity index (χ0) is 22.3. The topological polar surface area (TPSA) is 104 Å². The number of guanidine groups is 1. The maximum absolute atomic E-state index is 12.6. The van der Waals surface area contributed by atoms with Gasteiger partial charge in [0.2, 0.25) is 12.7 Å². The Labute approximate surface area is 209 Å². The van der Waals surface area contributed by atoms with Crippen LogP contribution in [0.1, 0.15) is 21.5 Å². The summed E-state index contributed by atoms with van der Waals surface area (Å²) in [5.74, 6) is 2.03. The highest BCUT2D eigenvalue weighted by atomic mass is 127. The summed E-state index contributed by atoms with van der Waals surface area (Å²) >= 11 is 0. The summed E-state index contributed by atoms with van der Waals surface area (Å²) in [4.78, 5) is 29.9. The van der Waals surface area contributed by atoms with Crippen LogP contribution in [0.3, 0.4) is 0 Å². The van der Waals surface area contributed by atoms with Crippen LogP contribution in [0.25, 0.3) is 0 Å². The highest BCUT2D eigenvalue weighted by Gasteiger charge is 2.22. The van der Waals surface area contributed by atoms with Crippen molar-refractivity contribution in [1.82, 2.24) is 20.9 Å². The van der Waals surface area contributed by atoms with Crippen molar-refractivity contribution in [2.24, 2.45) is 4.99 Å². The molecule has 0 spiro atoms. The fourth-order valence-corrected chi connectivity index (χ4v) is 3.59. The Morgan fingerprint density at radius 1 is 1.09 bits per heavy atom. The molecule has 10 heteroatoms. The van der Waals surface area contributed by atoms with Crippen LogP contribution >= 0.6 is 24.0 Å². The number of amides is 2. The number of hydrogen-bond acceptors (Lipinski definition) is 5. The Morgan fingerprint density at radius 2 is 1.85 bits per heavy atom. The molecule has 0 bridgehead atoms. The number of hydrogen-bond donors (Lipinski definition) is 3. The number of ether oxygens (including phenoxy) is 2. The molecule has 9 nitrogen and oxygen atoms in total. The summed E-state index contributed by atoms with van der Waals surface area (Å²) in [6, 6.07) is 13.4. The molecular weight excluding hydrogens is 537 g/mol. The van der Waals surface area contributed by atoms with Gasteiger partial charge in [0.25, 0.3) is 5.91 Å². The average Bonchev–Trinajstić information content (AvgIpc) is 3.29. The second kappa shape index (κ2) is 11.7. The lowest BCUT2D eigenvalue weighted by molar-refractivity contribution is -0.123. The van der Waals surface area contributed by atoms with E-state index in [2.05, 4.69) is 20.9 Å². The van der Waals surface area contributed by atoms with E-state index in [0.29, 0.717) is 31.2 Å². The first kappa shape index (κ1) is 24.6. The van der Waals surface area contributed by atoms with Crippen LogP contribution < -0.4 is 25.4 Å². The van der Waals surface area contributed by atoms with E-state index in [1.54, 1.807) is 24.1 Å². The smallest absolute Gasteiger partial charge is 0.254 e. The Kier molecular flexibility index (Phi) is 8.75. The molecule has 1 fully saturated rings. The number of halogens is 1. The minimum Gasteiger partial charge on any atom is -0.454 e. The highest BCUT2D eigenvalue weighted by Crippen LogP contribution is 2.32. The molecule has 2 aliphatic heterocycles. The summed E-state index contributed by atoms with van der Waals surface area (Å²) in [6.07, 6.45) is 0.822. The van der Waals surface area contributed by atoms with Gasteiger partial charge in [0, 0.05) is 38.8 Å². The van der Waals surface area contributed by atoms with Gasteiger partial charge in [-0.2, -0.15) is 0 Å². The Morgan fingerprint density at radius 3 is 2.61 bits per heavy atom. The van der Waals surface area contributed by atoms with Gasteiger partial charge in [-0.1, -0.05) is 18.2 Å². The fourth-order valence-electron chi connectivity index (χ4n) is 3.59. The summed E-state index contributed by atoms with van der Waals surface area (Å²) in [5.41, 5.74) is 2.76. The Balaban J connectivity index is 0.00000306. The third kappa shape index (κ3) is 6.50. The van der Waals surface area contributed by atoms with Gasteiger partial charge in [-0.05, 0) is 41.8 Å². The molecule has 2 aromatic carbocycles. The number of benzene rings is 2. The molecule has 0 radical (unpaired) electrons. The lowest BCUT2D eigenvalue weighted by Crippen LogP contribution is -2.49. The molecule has 0 atom stereocenters. The number of fused-ring (bicyclic) bond motifs is 1. The Hall–Kier alpha value is -3.02. The minimum atomic E-state index is -0.125. The van der Waals surface area contributed by atoms with Gasteiger partial charge in [-0.25, -0.2) is 0 Å². The van der Waals surface area contributed by atoms with Crippen LogP contribution in [-0.2, 0) is 17.8 Å². The largest absolute Gasteiger partial charge is 0.454 e. The van der Waals surface area contributed by atoms with Crippen molar-refractivity contribution >= 4 is 41.8 Å². The van der Waals surface area contributed by atoms with Gasteiger partial charge >= 0.3 is 0 Å². The van der Waals surface area contributed by atoms with E-state index < -0.39 is 0 Å². The van der Waals surface area contributed by atoms with Gasteiger partial charge in [-0.15, -0.1) is 24.0 Å². The van der Waals surface area contributed by atoms with Crippen molar-refractivity contribution < 1.29 is 19.1 Å². The number of carbonyl (C=O) groups excluding carboxylic acids is 2. The molecule has 4 rings (SSSR count). The van der Waals surface area contributed by atoms with Crippen LogP contribution in [-0.4, -0.2) is 62.7 Å². The maximum atomic E-state index is 12.6. The lowest BCUT2D eigenvalue weighted by atomic mass is 10.1. The maximum Gasteiger partial charge on any atom is 0.254 e. The SMILES string of the molecule is CN=C(NCCc1ccc2c(c1)OCO2)NCc1ccc(C(=O)N2CCNC(=O)C2)cc1.I. The molecule has 3 N–H and O–H groups in total. The molecule has 1 saturated heterocycles. The van der Waals surface area contributed by atoms with E-state index >= 15 is 0 Å². The number of carbonyl (C=O) groups is 2. The summed E-state index contributed by atoms with van der Waals surface area (Å²) in [6.45, 7) is 2.70. The van der Waals surface area contributed by atoms with Gasteiger partial charge < -0.3 is 30.3 Å². The molecule has 0 saturated carbocycles. The predicted octanol–water partition coefficient (Wildman–Crippen LogP) is 1.51. The van der Waals surface area contributed by atoms with Crippen LogP contribution in [0.15, 0.2) is 47.5 Å². The third-order valence-electron chi connectivity index (χ3n) is 5.35. The molecule has 2 aromatic rings. The number of rotatable bonds is 6. The van der Waals surface area contributed by atoms with Crippen molar-refractivity contribution in [3.8, 4) is 11.5 Å². The summed E-state index contributed by atoms with van der Waals surface area (Å²) < 4.78 is 10.8.